The lowest BCUT2D eigenvalue weighted by molar-refractivity contribution is -0.121. The van der Waals surface area contributed by atoms with Crippen molar-refractivity contribution in [2.75, 3.05) is 38.6 Å². The molecule has 3 aromatic rings. The van der Waals surface area contributed by atoms with Crippen LogP contribution in [0.2, 0.25) is 0 Å². The third-order valence-electron chi connectivity index (χ3n) is 5.35. The Hall–Kier alpha value is -1.85. The molecule has 0 N–H and O–H groups in total. The summed E-state index contributed by atoms with van der Waals surface area (Å²) in [5, 5.41) is 2.36. The van der Waals surface area contributed by atoms with Crippen LogP contribution >= 0.6 is 22.7 Å². The minimum absolute atomic E-state index is 0.199. The van der Waals surface area contributed by atoms with Gasteiger partial charge >= 0.3 is 0 Å². The number of carbonyl (C=O) groups excluding carboxylic acids is 1. The number of aryl methyl sites for hydroxylation is 1. The van der Waals surface area contributed by atoms with Gasteiger partial charge in [0, 0.05) is 19.6 Å². The highest BCUT2D eigenvalue weighted by Gasteiger charge is 2.42. The van der Waals surface area contributed by atoms with Crippen LogP contribution in [0, 0.1) is 6.92 Å². The molecule has 1 aliphatic rings. The number of likely N-dealkylation sites (N-methyl/N-ethyl adjacent to an activating group) is 1. The molecule has 0 saturated carbocycles. The molecule has 0 aliphatic carbocycles. The minimum atomic E-state index is -3.69. The summed E-state index contributed by atoms with van der Waals surface area (Å²) in [5.74, 6) is -0.199. The number of carbonyl (C=O) groups is 1. The van der Waals surface area contributed by atoms with E-state index in [1.54, 1.807) is 22.4 Å². The summed E-state index contributed by atoms with van der Waals surface area (Å²) in [6.07, 6.45) is 1.19. The zero-order valence-electron chi connectivity index (χ0n) is 17.8. The van der Waals surface area contributed by atoms with E-state index in [9.17, 15) is 13.2 Å². The molecule has 0 bridgehead atoms. The smallest absolute Gasteiger partial charge is 0.253 e. The molecule has 31 heavy (non-hydrogen) atoms. The van der Waals surface area contributed by atoms with E-state index in [2.05, 4.69) is 6.07 Å². The molecule has 1 unspecified atom stereocenters. The van der Waals surface area contributed by atoms with Gasteiger partial charge in [-0.1, -0.05) is 23.5 Å². The van der Waals surface area contributed by atoms with Crippen molar-refractivity contribution in [3.8, 4) is 0 Å². The van der Waals surface area contributed by atoms with Crippen LogP contribution in [0.15, 0.2) is 39.9 Å². The van der Waals surface area contributed by atoms with Crippen LogP contribution in [0.1, 0.15) is 18.4 Å². The van der Waals surface area contributed by atoms with E-state index in [-0.39, 0.29) is 10.1 Å². The second-order valence-corrected chi connectivity index (χ2v) is 12.0. The van der Waals surface area contributed by atoms with Crippen molar-refractivity contribution in [2.45, 2.75) is 30.0 Å². The Morgan fingerprint density at radius 2 is 2.06 bits per heavy atom. The number of hydrogen-bond donors (Lipinski definition) is 0. The first kappa shape index (κ1) is 22.3. The van der Waals surface area contributed by atoms with Crippen molar-refractivity contribution in [3.05, 3.63) is 41.3 Å². The third-order valence-corrected chi connectivity index (χ3v) is 9.67. The standard InChI is InChI=1S/C21H26N4O3S3/c1-15-8-9-16-18(14-15)30-21(22-16)24(12-11-23(2)3)20(26)17-6-4-10-25(17)31(27,28)19-7-5-13-29-19/h5,7-9,13-14,17H,4,6,10-12H2,1-3H3. The van der Waals surface area contributed by atoms with Crippen molar-refractivity contribution in [2.24, 2.45) is 0 Å². The Morgan fingerprint density at radius 3 is 2.77 bits per heavy atom. The molecule has 7 nitrogen and oxygen atoms in total. The fourth-order valence-corrected chi connectivity index (χ4v) is 7.58. The molecule has 1 atom stereocenters. The third kappa shape index (κ3) is 4.54. The normalized spacial score (nSPS) is 17.6. The van der Waals surface area contributed by atoms with Crippen LogP contribution in [0.25, 0.3) is 10.2 Å². The van der Waals surface area contributed by atoms with Crippen LogP contribution < -0.4 is 4.90 Å². The van der Waals surface area contributed by atoms with Crippen molar-refractivity contribution in [3.63, 3.8) is 0 Å². The summed E-state index contributed by atoms with van der Waals surface area (Å²) in [5.41, 5.74) is 1.99. The first-order chi connectivity index (χ1) is 14.8. The second-order valence-electron chi connectivity index (χ2n) is 7.97. The van der Waals surface area contributed by atoms with Gasteiger partial charge in [-0.25, -0.2) is 13.4 Å². The molecule has 1 fully saturated rings. The Morgan fingerprint density at radius 1 is 1.26 bits per heavy atom. The molecule has 1 amide bonds. The number of nitrogens with zero attached hydrogens (tertiary/aromatic N) is 4. The van der Waals surface area contributed by atoms with Crippen LogP contribution in [-0.2, 0) is 14.8 Å². The molecule has 2 aromatic heterocycles. The van der Waals surface area contributed by atoms with Crippen LogP contribution in [0.4, 0.5) is 5.13 Å². The van der Waals surface area contributed by atoms with Gasteiger partial charge in [0.05, 0.1) is 10.2 Å². The van der Waals surface area contributed by atoms with E-state index in [1.165, 1.54) is 27.0 Å². The van der Waals surface area contributed by atoms with Gasteiger partial charge in [0.1, 0.15) is 10.3 Å². The molecular weight excluding hydrogens is 452 g/mol. The number of anilines is 1. The first-order valence-electron chi connectivity index (χ1n) is 10.2. The topological polar surface area (TPSA) is 73.8 Å². The minimum Gasteiger partial charge on any atom is -0.308 e. The van der Waals surface area contributed by atoms with Gasteiger partial charge in [0.2, 0.25) is 5.91 Å². The molecule has 166 valence electrons. The summed E-state index contributed by atoms with van der Waals surface area (Å²) in [6, 6.07) is 8.64. The maximum Gasteiger partial charge on any atom is 0.253 e. The van der Waals surface area contributed by atoms with Crippen molar-refractivity contribution >= 4 is 54.0 Å². The van der Waals surface area contributed by atoms with Crippen LogP contribution in [0.5, 0.6) is 0 Å². The zero-order chi connectivity index (χ0) is 22.2. The molecule has 1 saturated heterocycles. The SMILES string of the molecule is Cc1ccc2nc(N(CCN(C)C)C(=O)C3CCCN3S(=O)(=O)c3cccs3)sc2c1. The number of fused-ring (bicyclic) bond motifs is 1. The van der Waals surface area contributed by atoms with E-state index in [1.807, 2.05) is 38.1 Å². The van der Waals surface area contributed by atoms with E-state index < -0.39 is 16.1 Å². The van der Waals surface area contributed by atoms with Crippen LogP contribution in [-0.4, -0.2) is 68.3 Å². The quantitative estimate of drug-likeness (QED) is 0.520. The monoisotopic (exact) mass is 478 g/mol. The summed E-state index contributed by atoms with van der Waals surface area (Å²) in [7, 11) is 0.214. The average molecular weight is 479 g/mol. The van der Waals surface area contributed by atoms with E-state index >= 15 is 0 Å². The highest BCUT2D eigenvalue weighted by molar-refractivity contribution is 7.91. The van der Waals surface area contributed by atoms with Gasteiger partial charge in [-0.05, 0) is 63.0 Å². The van der Waals surface area contributed by atoms with Gasteiger partial charge in [-0.3, -0.25) is 9.69 Å². The lowest BCUT2D eigenvalue weighted by atomic mass is 10.2. The Bertz CT molecular complexity index is 1170. The van der Waals surface area contributed by atoms with E-state index in [4.69, 9.17) is 4.98 Å². The molecule has 0 radical (unpaired) electrons. The molecule has 3 heterocycles. The highest BCUT2D eigenvalue weighted by Crippen LogP contribution is 2.33. The average Bonchev–Trinajstić information content (AvgIpc) is 3.47. The van der Waals surface area contributed by atoms with E-state index in [0.717, 1.165) is 15.8 Å². The lowest BCUT2D eigenvalue weighted by Crippen LogP contribution is -2.49. The van der Waals surface area contributed by atoms with Crippen molar-refractivity contribution < 1.29 is 13.2 Å². The maximum absolute atomic E-state index is 13.7. The van der Waals surface area contributed by atoms with Gasteiger partial charge in [-0.2, -0.15) is 4.31 Å². The number of benzene rings is 1. The molecule has 4 rings (SSSR count). The summed E-state index contributed by atoms with van der Waals surface area (Å²) >= 11 is 2.66. The Balaban J connectivity index is 1.67. The number of hydrogen-bond acceptors (Lipinski definition) is 7. The number of amides is 1. The summed E-state index contributed by atoms with van der Waals surface area (Å²) in [6.45, 7) is 3.50. The fourth-order valence-electron chi connectivity index (χ4n) is 3.72. The number of sulfonamides is 1. The summed E-state index contributed by atoms with van der Waals surface area (Å²) in [4.78, 5) is 22.1. The van der Waals surface area contributed by atoms with Gasteiger partial charge < -0.3 is 4.90 Å². The number of rotatable bonds is 7. The Labute approximate surface area is 191 Å². The largest absolute Gasteiger partial charge is 0.308 e. The first-order valence-corrected chi connectivity index (χ1v) is 13.3. The number of aromatic nitrogens is 1. The maximum atomic E-state index is 13.7. The van der Waals surface area contributed by atoms with E-state index in [0.29, 0.717) is 37.6 Å². The Kier molecular flexibility index (Phi) is 6.45. The summed E-state index contributed by atoms with van der Waals surface area (Å²) < 4.78 is 29.0. The molecule has 0 spiro atoms. The lowest BCUT2D eigenvalue weighted by Gasteiger charge is -2.29. The fraction of sp³-hybridized carbons (Fsp3) is 0.429. The second kappa shape index (κ2) is 8.95. The molecular formula is C21H26N4O3S3. The number of thiazole rings is 1. The van der Waals surface area contributed by atoms with Gasteiger partial charge in [-0.15, -0.1) is 11.3 Å². The molecule has 1 aliphatic heterocycles. The predicted octanol–water partition coefficient (Wildman–Crippen LogP) is 3.41. The van der Waals surface area contributed by atoms with Crippen LogP contribution in [0.3, 0.4) is 0 Å². The van der Waals surface area contributed by atoms with Crippen molar-refractivity contribution in [1.29, 1.82) is 0 Å². The van der Waals surface area contributed by atoms with Crippen molar-refractivity contribution in [1.82, 2.24) is 14.2 Å². The highest BCUT2D eigenvalue weighted by atomic mass is 32.2. The van der Waals surface area contributed by atoms with Gasteiger partial charge in [0.25, 0.3) is 10.0 Å². The number of thiophene rings is 1. The van der Waals surface area contributed by atoms with Gasteiger partial charge in [0.15, 0.2) is 5.13 Å². The predicted molar refractivity (Wildman–Crippen MR) is 126 cm³/mol. The molecule has 10 heteroatoms. The molecule has 1 aromatic carbocycles. The zero-order valence-corrected chi connectivity index (χ0v) is 20.3.